The molecule has 3 aliphatic heterocycles. The molecule has 0 saturated carbocycles. The maximum atomic E-state index is 13.0. The summed E-state index contributed by atoms with van der Waals surface area (Å²) in [5.41, 5.74) is 5.12. The number of benzene rings is 1. The number of likely N-dealkylation sites (tertiary alicyclic amines) is 1. The van der Waals surface area contributed by atoms with E-state index >= 15 is 0 Å². The van der Waals surface area contributed by atoms with Crippen molar-refractivity contribution >= 4 is 11.9 Å². The molecule has 1 N–H and O–H groups in total. The van der Waals surface area contributed by atoms with Crippen LogP contribution in [-0.4, -0.2) is 104 Å². The molecule has 0 radical (unpaired) electrons. The number of aliphatic hydroxyl groups is 1. The number of urea groups is 1. The number of carbonyl (C=O) groups excluding carboxylic acids is 2. The molecule has 3 aliphatic rings. The summed E-state index contributed by atoms with van der Waals surface area (Å²) in [7, 11) is 0. The van der Waals surface area contributed by atoms with Gasteiger partial charge in [-0.1, -0.05) is 30.3 Å². The molecule has 10 heteroatoms. The molecule has 5 heterocycles. The monoisotopic (exact) mass is 541 g/mol. The van der Waals surface area contributed by atoms with Crippen LogP contribution in [0.1, 0.15) is 40.3 Å². The number of hydrogen-bond acceptors (Lipinski definition) is 7. The predicted octanol–water partition coefficient (Wildman–Crippen LogP) is 2.43. The molecule has 2 saturated heterocycles. The summed E-state index contributed by atoms with van der Waals surface area (Å²) in [6.07, 6.45) is 7.51. The van der Waals surface area contributed by atoms with Crippen molar-refractivity contribution in [3.8, 4) is 11.1 Å². The van der Waals surface area contributed by atoms with Gasteiger partial charge in [-0.15, -0.1) is 0 Å². The predicted molar refractivity (Wildman–Crippen MR) is 149 cm³/mol. The molecule has 0 spiro atoms. The second-order valence-electron chi connectivity index (χ2n) is 10.9. The third-order valence-corrected chi connectivity index (χ3v) is 8.04. The van der Waals surface area contributed by atoms with Gasteiger partial charge in [-0.2, -0.15) is 0 Å². The minimum atomic E-state index is -0.592. The SMILES string of the molecule is O=C(c1ncc(-c2ccc(CN3CCN(C[C@H](O)CN4CCc5ccccc5C4)C3=O)nc2)cn1)N1CCCC1. The zero-order chi connectivity index (χ0) is 27.5. The summed E-state index contributed by atoms with van der Waals surface area (Å²) in [4.78, 5) is 46.2. The Balaban J connectivity index is 0.992. The molecule has 208 valence electrons. The first kappa shape index (κ1) is 26.3. The van der Waals surface area contributed by atoms with Crippen LogP contribution in [0.4, 0.5) is 4.79 Å². The molecule has 0 aliphatic carbocycles. The molecule has 0 bridgehead atoms. The van der Waals surface area contributed by atoms with Crippen molar-refractivity contribution in [1.29, 1.82) is 0 Å². The maximum Gasteiger partial charge on any atom is 0.320 e. The van der Waals surface area contributed by atoms with Gasteiger partial charge in [-0.05, 0) is 36.5 Å². The van der Waals surface area contributed by atoms with Crippen LogP contribution < -0.4 is 0 Å². The smallest absolute Gasteiger partial charge is 0.320 e. The second-order valence-corrected chi connectivity index (χ2v) is 10.9. The number of aromatic nitrogens is 3. The Morgan fingerprint density at radius 2 is 1.55 bits per heavy atom. The van der Waals surface area contributed by atoms with Gasteiger partial charge in [-0.3, -0.25) is 14.7 Å². The average molecular weight is 542 g/mol. The number of rotatable bonds is 8. The van der Waals surface area contributed by atoms with Crippen molar-refractivity contribution in [3.63, 3.8) is 0 Å². The Labute approximate surface area is 234 Å². The van der Waals surface area contributed by atoms with Gasteiger partial charge >= 0.3 is 6.03 Å². The standard InChI is InChI=1S/C30H35N7O3/c38-27(20-34-12-9-22-5-1-2-6-24(22)18-34)21-37-14-13-36(30(37)40)19-26-8-7-23(15-31-26)25-16-32-28(33-17-25)29(39)35-10-3-4-11-35/h1-2,5-8,15-17,27,38H,3-4,9-14,18-21H2/t27-/m1/s1. The molecule has 1 atom stereocenters. The Morgan fingerprint density at radius 3 is 2.30 bits per heavy atom. The van der Waals surface area contributed by atoms with E-state index in [1.54, 1.807) is 33.3 Å². The Kier molecular flexibility index (Phi) is 7.70. The lowest BCUT2D eigenvalue weighted by Gasteiger charge is -2.31. The molecule has 10 nitrogen and oxygen atoms in total. The average Bonchev–Trinajstić information content (AvgIpc) is 3.64. The highest BCUT2D eigenvalue weighted by Crippen LogP contribution is 2.21. The van der Waals surface area contributed by atoms with Crippen molar-refractivity contribution < 1.29 is 14.7 Å². The molecule has 6 rings (SSSR count). The summed E-state index contributed by atoms with van der Waals surface area (Å²) >= 11 is 0. The third kappa shape index (κ3) is 5.83. The summed E-state index contributed by atoms with van der Waals surface area (Å²) in [5.74, 6) is 0.102. The Morgan fingerprint density at radius 1 is 0.825 bits per heavy atom. The normalized spacial score (nSPS) is 18.3. The van der Waals surface area contributed by atoms with Gasteiger partial charge in [0, 0.05) is 82.1 Å². The number of fused-ring (bicyclic) bond motifs is 1. The van der Waals surface area contributed by atoms with Crippen LogP contribution in [0.2, 0.25) is 0 Å². The largest absolute Gasteiger partial charge is 0.390 e. The van der Waals surface area contributed by atoms with E-state index in [2.05, 4.69) is 44.1 Å². The summed E-state index contributed by atoms with van der Waals surface area (Å²) in [5, 5.41) is 10.7. The van der Waals surface area contributed by atoms with Gasteiger partial charge in [0.25, 0.3) is 5.91 Å². The van der Waals surface area contributed by atoms with Gasteiger partial charge < -0.3 is 19.8 Å². The van der Waals surface area contributed by atoms with Crippen molar-refractivity contribution in [2.75, 3.05) is 45.8 Å². The van der Waals surface area contributed by atoms with Crippen LogP contribution >= 0.6 is 0 Å². The molecular formula is C30H35N7O3. The number of amides is 3. The summed E-state index contributed by atoms with van der Waals surface area (Å²) in [6, 6.07) is 12.2. The lowest BCUT2D eigenvalue weighted by Crippen LogP contribution is -2.43. The highest BCUT2D eigenvalue weighted by Gasteiger charge is 2.31. The molecule has 40 heavy (non-hydrogen) atoms. The lowest BCUT2D eigenvalue weighted by atomic mass is 10.00. The van der Waals surface area contributed by atoms with Gasteiger partial charge in [0.2, 0.25) is 5.82 Å². The number of carbonyl (C=O) groups is 2. The van der Waals surface area contributed by atoms with Crippen LogP contribution in [0.15, 0.2) is 55.0 Å². The zero-order valence-electron chi connectivity index (χ0n) is 22.7. The lowest BCUT2D eigenvalue weighted by molar-refractivity contribution is 0.0780. The molecule has 3 amide bonds. The molecule has 2 fully saturated rings. The summed E-state index contributed by atoms with van der Waals surface area (Å²) < 4.78 is 0. The van der Waals surface area contributed by atoms with Gasteiger partial charge in [-0.25, -0.2) is 14.8 Å². The van der Waals surface area contributed by atoms with Crippen LogP contribution in [-0.2, 0) is 19.5 Å². The van der Waals surface area contributed by atoms with E-state index < -0.39 is 6.10 Å². The van der Waals surface area contributed by atoms with Crippen LogP contribution in [0.25, 0.3) is 11.1 Å². The summed E-state index contributed by atoms with van der Waals surface area (Å²) in [6.45, 7) is 5.78. The Hall–Kier alpha value is -3.89. The highest BCUT2D eigenvalue weighted by atomic mass is 16.3. The first-order valence-corrected chi connectivity index (χ1v) is 14.1. The number of aliphatic hydroxyl groups excluding tert-OH is 1. The first-order valence-electron chi connectivity index (χ1n) is 14.1. The van der Waals surface area contributed by atoms with E-state index in [1.165, 1.54) is 11.1 Å². The highest BCUT2D eigenvalue weighted by molar-refractivity contribution is 5.90. The van der Waals surface area contributed by atoms with Gasteiger partial charge in [0.05, 0.1) is 18.3 Å². The Bertz CT molecular complexity index is 1340. The van der Waals surface area contributed by atoms with E-state index in [-0.39, 0.29) is 17.8 Å². The van der Waals surface area contributed by atoms with Crippen molar-refractivity contribution in [2.24, 2.45) is 0 Å². The number of hydrogen-bond donors (Lipinski definition) is 1. The number of β-amino-alcohol motifs (C(OH)–C–C–N with tert-alkyl or cyclic N) is 1. The first-order chi connectivity index (χ1) is 19.5. The van der Waals surface area contributed by atoms with Crippen molar-refractivity contribution in [3.05, 3.63) is 77.6 Å². The molecular weight excluding hydrogens is 506 g/mol. The van der Waals surface area contributed by atoms with Crippen molar-refractivity contribution in [2.45, 2.75) is 38.5 Å². The molecule has 3 aromatic rings. The number of nitrogens with zero attached hydrogens (tertiary/aromatic N) is 7. The van der Waals surface area contributed by atoms with Crippen LogP contribution in [0, 0.1) is 0 Å². The van der Waals surface area contributed by atoms with E-state index in [1.807, 2.05) is 12.1 Å². The van der Waals surface area contributed by atoms with Crippen LogP contribution in [0.5, 0.6) is 0 Å². The van der Waals surface area contributed by atoms with E-state index in [4.69, 9.17) is 0 Å². The van der Waals surface area contributed by atoms with Gasteiger partial charge in [0.15, 0.2) is 0 Å². The quantitative estimate of drug-likeness (QED) is 0.467. The minimum absolute atomic E-state index is 0.0689. The molecule has 2 aromatic heterocycles. The zero-order valence-corrected chi connectivity index (χ0v) is 22.7. The van der Waals surface area contributed by atoms with Crippen LogP contribution in [0.3, 0.4) is 0 Å². The fourth-order valence-corrected chi connectivity index (χ4v) is 5.80. The second kappa shape index (κ2) is 11.7. The maximum absolute atomic E-state index is 13.0. The molecule has 0 unspecified atom stereocenters. The van der Waals surface area contributed by atoms with E-state index in [0.29, 0.717) is 32.7 Å². The number of pyridine rings is 1. The van der Waals surface area contributed by atoms with E-state index in [9.17, 15) is 14.7 Å². The van der Waals surface area contributed by atoms with Crippen molar-refractivity contribution in [1.82, 2.24) is 34.6 Å². The minimum Gasteiger partial charge on any atom is -0.390 e. The fourth-order valence-electron chi connectivity index (χ4n) is 5.80. The van der Waals surface area contributed by atoms with Gasteiger partial charge in [0.1, 0.15) is 0 Å². The third-order valence-electron chi connectivity index (χ3n) is 8.04. The van der Waals surface area contributed by atoms with E-state index in [0.717, 1.165) is 62.3 Å². The fraction of sp³-hybridized carbons (Fsp3) is 0.433. The molecule has 1 aromatic carbocycles. The topological polar surface area (TPSA) is 106 Å².